The van der Waals surface area contributed by atoms with E-state index < -0.39 is 0 Å². The predicted octanol–water partition coefficient (Wildman–Crippen LogP) is 0.860. The Balaban J connectivity index is 2.62. The van der Waals surface area contributed by atoms with Gasteiger partial charge in [0.25, 0.3) is 0 Å². The highest BCUT2D eigenvalue weighted by Crippen LogP contribution is 2.10. The second kappa shape index (κ2) is 1.81. The highest BCUT2D eigenvalue weighted by atomic mass is 127. The van der Waals surface area contributed by atoms with Crippen LogP contribution in [0.5, 0.6) is 0 Å². The number of hydrogen-bond donors (Lipinski definition) is 0. The lowest BCUT2D eigenvalue weighted by atomic mass is 10.5. The zero-order valence-corrected chi connectivity index (χ0v) is 5.58. The molecule has 0 N–H and O–H groups in total. The minimum absolute atomic E-state index is 0.0578. The molecule has 1 atom stereocenters. The van der Waals surface area contributed by atoms with Crippen LogP contribution in [-0.4, -0.2) is 9.89 Å². The summed E-state index contributed by atoms with van der Waals surface area (Å²) in [4.78, 5) is 10.3. The quantitative estimate of drug-likeness (QED) is 0.336. The molecule has 0 bridgehead atoms. The molecule has 0 amide bonds. The van der Waals surface area contributed by atoms with E-state index in [2.05, 4.69) is 4.74 Å². The summed E-state index contributed by atoms with van der Waals surface area (Å²) < 4.78 is 4.38. The Morgan fingerprint density at radius 2 is 2.57 bits per heavy atom. The zero-order chi connectivity index (χ0) is 5.28. The van der Waals surface area contributed by atoms with E-state index >= 15 is 0 Å². The molecule has 0 radical (unpaired) electrons. The monoisotopic (exact) mass is 210 g/mol. The average Bonchev–Trinajstić information content (AvgIpc) is 1.91. The van der Waals surface area contributed by atoms with Gasteiger partial charge >= 0.3 is 5.97 Å². The second-order valence-corrected chi connectivity index (χ2v) is 2.51. The van der Waals surface area contributed by atoms with E-state index in [0.717, 1.165) is 0 Å². The Kier molecular flexibility index (Phi) is 1.32. The molecule has 1 aliphatic heterocycles. The maximum Gasteiger partial charge on any atom is 0.327 e. The van der Waals surface area contributed by atoms with Crippen molar-refractivity contribution in [3.05, 3.63) is 12.3 Å². The molecule has 38 valence electrons. The molecule has 0 aliphatic carbocycles. The van der Waals surface area contributed by atoms with E-state index in [9.17, 15) is 4.79 Å². The fraction of sp³-hybridized carbons (Fsp3) is 0.250. The van der Waals surface area contributed by atoms with Gasteiger partial charge in [0.2, 0.25) is 0 Å². The Morgan fingerprint density at radius 1 is 1.86 bits per heavy atom. The average molecular weight is 210 g/mol. The van der Waals surface area contributed by atoms with Gasteiger partial charge in [-0.05, 0) is 6.08 Å². The molecule has 2 nitrogen and oxygen atoms in total. The van der Waals surface area contributed by atoms with Crippen LogP contribution in [0.2, 0.25) is 0 Å². The smallest absolute Gasteiger partial charge is 0.327 e. The van der Waals surface area contributed by atoms with Gasteiger partial charge in [0.1, 0.15) is 3.92 Å². The molecular formula is C4H3IO2. The van der Waals surface area contributed by atoms with Crippen LogP contribution < -0.4 is 0 Å². The normalized spacial score (nSPS) is 28.1. The van der Waals surface area contributed by atoms with Crippen LogP contribution in [0.4, 0.5) is 0 Å². The van der Waals surface area contributed by atoms with Gasteiger partial charge in [-0.25, -0.2) is 0 Å². The molecule has 3 heteroatoms. The third-order valence-electron chi connectivity index (χ3n) is 0.657. The molecule has 1 unspecified atom stereocenters. The molecule has 0 saturated carbocycles. The first-order valence-electron chi connectivity index (χ1n) is 1.82. The van der Waals surface area contributed by atoms with E-state index in [1.807, 2.05) is 22.6 Å². The number of cyclic esters (lactones) is 1. The van der Waals surface area contributed by atoms with E-state index in [1.165, 1.54) is 6.26 Å². The fourth-order valence-corrected chi connectivity index (χ4v) is 0.635. The van der Waals surface area contributed by atoms with Crippen molar-refractivity contribution in [2.75, 3.05) is 0 Å². The third kappa shape index (κ3) is 0.933. The number of rotatable bonds is 0. The summed E-state index contributed by atoms with van der Waals surface area (Å²) in [5.74, 6) is -0.166. The summed E-state index contributed by atoms with van der Waals surface area (Å²) in [5, 5.41) is 0. The van der Waals surface area contributed by atoms with Gasteiger partial charge in [0.15, 0.2) is 0 Å². The first-order chi connectivity index (χ1) is 3.30. The Bertz CT molecular complexity index is 119. The van der Waals surface area contributed by atoms with Crippen LogP contribution in [0.15, 0.2) is 12.3 Å². The molecule has 1 heterocycles. The van der Waals surface area contributed by atoms with Crippen molar-refractivity contribution in [2.45, 2.75) is 3.92 Å². The van der Waals surface area contributed by atoms with E-state index in [1.54, 1.807) is 6.08 Å². The summed E-state index contributed by atoms with van der Waals surface area (Å²) in [6.07, 6.45) is 3.13. The number of alkyl halides is 1. The van der Waals surface area contributed by atoms with Gasteiger partial charge < -0.3 is 4.74 Å². The molecule has 0 spiro atoms. The van der Waals surface area contributed by atoms with Crippen molar-refractivity contribution < 1.29 is 9.53 Å². The number of hydrogen-bond acceptors (Lipinski definition) is 2. The van der Waals surface area contributed by atoms with Crippen LogP contribution in [0.3, 0.4) is 0 Å². The highest BCUT2D eigenvalue weighted by molar-refractivity contribution is 14.1. The van der Waals surface area contributed by atoms with Crippen molar-refractivity contribution in [1.82, 2.24) is 0 Å². The fourth-order valence-electron chi connectivity index (χ4n) is 0.319. The first kappa shape index (κ1) is 5.08. The topological polar surface area (TPSA) is 26.3 Å². The number of esters is 1. The van der Waals surface area contributed by atoms with Crippen molar-refractivity contribution in [1.29, 1.82) is 0 Å². The van der Waals surface area contributed by atoms with Crippen molar-refractivity contribution in [2.24, 2.45) is 0 Å². The number of ether oxygens (including phenoxy) is 1. The van der Waals surface area contributed by atoms with E-state index in [0.29, 0.717) is 0 Å². The largest absolute Gasteiger partial charge is 0.434 e. The molecule has 0 aromatic rings. The van der Waals surface area contributed by atoms with E-state index in [-0.39, 0.29) is 9.89 Å². The summed E-state index contributed by atoms with van der Waals surface area (Å²) in [5.41, 5.74) is 0. The minimum Gasteiger partial charge on any atom is -0.434 e. The van der Waals surface area contributed by atoms with Gasteiger partial charge in [0.05, 0.1) is 6.26 Å². The van der Waals surface area contributed by atoms with Gasteiger partial charge in [-0.3, -0.25) is 4.79 Å². The number of halogens is 1. The zero-order valence-electron chi connectivity index (χ0n) is 3.43. The van der Waals surface area contributed by atoms with Crippen molar-refractivity contribution in [3.63, 3.8) is 0 Å². The maximum absolute atomic E-state index is 10.3. The van der Waals surface area contributed by atoms with Gasteiger partial charge in [-0.2, -0.15) is 0 Å². The van der Waals surface area contributed by atoms with Crippen molar-refractivity contribution >= 4 is 28.6 Å². The van der Waals surface area contributed by atoms with Crippen LogP contribution in [0.1, 0.15) is 0 Å². The Morgan fingerprint density at radius 3 is 2.71 bits per heavy atom. The molecule has 0 aromatic heterocycles. The lowest BCUT2D eigenvalue weighted by Gasteiger charge is -1.87. The van der Waals surface area contributed by atoms with Crippen LogP contribution in [0, 0.1) is 0 Å². The molecule has 0 fully saturated rings. The van der Waals surface area contributed by atoms with Crippen LogP contribution >= 0.6 is 22.6 Å². The summed E-state index contributed by atoms with van der Waals surface area (Å²) in [7, 11) is 0. The van der Waals surface area contributed by atoms with Crippen LogP contribution in [-0.2, 0) is 9.53 Å². The minimum atomic E-state index is -0.166. The SMILES string of the molecule is O=C1OC=CC1I. The first-order valence-corrected chi connectivity index (χ1v) is 3.06. The predicted molar refractivity (Wildman–Crippen MR) is 33.0 cm³/mol. The van der Waals surface area contributed by atoms with Gasteiger partial charge in [-0.1, -0.05) is 22.6 Å². The second-order valence-electron chi connectivity index (χ2n) is 1.17. The molecular weight excluding hydrogens is 207 g/mol. The Hall–Kier alpha value is -0.0600. The van der Waals surface area contributed by atoms with Gasteiger partial charge in [-0.15, -0.1) is 0 Å². The van der Waals surface area contributed by atoms with Gasteiger partial charge in [0, 0.05) is 0 Å². The summed E-state index contributed by atoms with van der Waals surface area (Å²) in [6, 6.07) is 0. The lowest BCUT2D eigenvalue weighted by Crippen LogP contribution is -2.04. The molecule has 7 heavy (non-hydrogen) atoms. The van der Waals surface area contributed by atoms with Crippen LogP contribution in [0.25, 0.3) is 0 Å². The summed E-state index contributed by atoms with van der Waals surface area (Å²) >= 11 is 2.00. The summed E-state index contributed by atoms with van der Waals surface area (Å²) in [6.45, 7) is 0. The highest BCUT2D eigenvalue weighted by Gasteiger charge is 2.16. The number of carbonyl (C=O) groups excluding carboxylic acids is 1. The van der Waals surface area contributed by atoms with E-state index in [4.69, 9.17) is 0 Å². The standard InChI is InChI=1S/C4H3IO2/c5-3-1-2-7-4(3)6/h1-3H. The molecule has 0 saturated heterocycles. The Labute approximate surface area is 54.7 Å². The maximum atomic E-state index is 10.3. The lowest BCUT2D eigenvalue weighted by molar-refractivity contribution is -0.134. The molecule has 1 rings (SSSR count). The third-order valence-corrected chi connectivity index (χ3v) is 1.58. The molecule has 0 aromatic carbocycles. The molecule has 1 aliphatic rings. The number of carbonyl (C=O) groups is 1. The van der Waals surface area contributed by atoms with Crippen molar-refractivity contribution in [3.8, 4) is 0 Å².